The Kier molecular flexibility index (Phi) is 7.71. The molecule has 13 nitrogen and oxygen atoms in total. The number of anilines is 1. The summed E-state index contributed by atoms with van der Waals surface area (Å²) in [5, 5.41) is 9.67. The van der Waals surface area contributed by atoms with E-state index in [1.54, 1.807) is 39.8 Å². The molecule has 13 heteroatoms. The van der Waals surface area contributed by atoms with Gasteiger partial charge in [-0.25, -0.2) is 9.78 Å². The Morgan fingerprint density at radius 2 is 1.81 bits per heavy atom. The van der Waals surface area contributed by atoms with E-state index in [9.17, 15) is 28.8 Å². The number of para-hydroxylation sites is 1. The number of hydrogen-bond acceptors (Lipinski definition) is 8. The van der Waals surface area contributed by atoms with Crippen LogP contribution >= 0.6 is 0 Å². The molecule has 4 N–H and O–H groups in total. The standard InChI is InChI=1S/C23H28N6O7/c1-12-26-19-13(21(34)29(12)15-8-9-16(30)28-20(15)33)6-5-7-14(19)27-18(32)11-24-17(31)10-25-22(35)36-23(2,3)4/h5-7,15H,8-11H2,1-4H3,(H,24,31)(H,25,35)(H,27,32)(H,28,30,33). The SMILES string of the molecule is Cc1nc2c(NC(=O)CNC(=O)CNC(=O)OC(C)(C)C)cccc2c(=O)n1C1CCC(=O)NC1=O. The summed E-state index contributed by atoms with van der Waals surface area (Å²) in [6.45, 7) is 5.84. The van der Waals surface area contributed by atoms with E-state index >= 15 is 0 Å². The van der Waals surface area contributed by atoms with Crippen LogP contribution in [-0.2, 0) is 23.9 Å². The number of nitrogens with zero attached hydrogens (tertiary/aromatic N) is 2. The van der Waals surface area contributed by atoms with Crippen LogP contribution < -0.4 is 26.8 Å². The van der Waals surface area contributed by atoms with Gasteiger partial charge in [-0.2, -0.15) is 0 Å². The van der Waals surface area contributed by atoms with Crippen molar-refractivity contribution in [2.45, 2.75) is 52.2 Å². The summed E-state index contributed by atoms with van der Waals surface area (Å²) in [6.07, 6.45) is -0.477. The van der Waals surface area contributed by atoms with E-state index in [2.05, 4.69) is 26.3 Å². The first-order valence-electron chi connectivity index (χ1n) is 11.2. The summed E-state index contributed by atoms with van der Waals surface area (Å²) in [5.41, 5.74) is -0.732. The second-order valence-corrected chi connectivity index (χ2v) is 9.18. The number of amides is 5. The molecule has 36 heavy (non-hydrogen) atoms. The van der Waals surface area contributed by atoms with Crippen LogP contribution in [0.1, 0.15) is 45.5 Å². The van der Waals surface area contributed by atoms with Crippen molar-refractivity contribution < 1.29 is 28.7 Å². The third-order valence-corrected chi connectivity index (χ3v) is 5.14. The fourth-order valence-corrected chi connectivity index (χ4v) is 3.63. The lowest BCUT2D eigenvalue weighted by atomic mass is 10.1. The fraction of sp³-hybridized carbons (Fsp3) is 0.435. The molecule has 1 fully saturated rings. The third-order valence-electron chi connectivity index (χ3n) is 5.14. The minimum absolute atomic E-state index is 0.107. The molecule has 1 aliphatic heterocycles. The number of ether oxygens (including phenoxy) is 1. The highest BCUT2D eigenvalue weighted by molar-refractivity contribution is 6.02. The number of aromatic nitrogens is 2. The topological polar surface area (TPSA) is 178 Å². The number of nitrogens with one attached hydrogen (secondary N) is 4. The van der Waals surface area contributed by atoms with Crippen molar-refractivity contribution in [1.82, 2.24) is 25.5 Å². The number of fused-ring (bicyclic) bond motifs is 1. The van der Waals surface area contributed by atoms with Crippen molar-refractivity contribution in [1.29, 1.82) is 0 Å². The molecular weight excluding hydrogens is 472 g/mol. The van der Waals surface area contributed by atoms with Crippen LogP contribution in [0.3, 0.4) is 0 Å². The Bertz CT molecular complexity index is 1290. The smallest absolute Gasteiger partial charge is 0.408 e. The number of aryl methyl sites for hydroxylation is 1. The number of carbonyl (C=O) groups is 5. The summed E-state index contributed by atoms with van der Waals surface area (Å²) >= 11 is 0. The first-order valence-corrected chi connectivity index (χ1v) is 11.2. The minimum atomic E-state index is -0.866. The van der Waals surface area contributed by atoms with E-state index in [0.717, 1.165) is 0 Å². The molecule has 1 atom stereocenters. The normalized spacial score (nSPS) is 15.7. The first kappa shape index (κ1) is 26.3. The molecular formula is C23H28N6O7. The number of piperidine rings is 1. The van der Waals surface area contributed by atoms with Gasteiger partial charge in [-0.3, -0.25) is 33.9 Å². The first-order chi connectivity index (χ1) is 16.9. The zero-order valence-corrected chi connectivity index (χ0v) is 20.4. The van der Waals surface area contributed by atoms with Crippen LogP contribution in [0.15, 0.2) is 23.0 Å². The summed E-state index contributed by atoms with van der Waals surface area (Å²) in [6, 6.07) is 3.75. The van der Waals surface area contributed by atoms with Gasteiger partial charge in [0, 0.05) is 6.42 Å². The van der Waals surface area contributed by atoms with Crippen molar-refractivity contribution >= 4 is 46.3 Å². The van der Waals surface area contributed by atoms with Crippen LogP contribution in [0.4, 0.5) is 10.5 Å². The zero-order chi connectivity index (χ0) is 26.6. The maximum atomic E-state index is 13.2. The van der Waals surface area contributed by atoms with Crippen molar-refractivity contribution in [3.63, 3.8) is 0 Å². The molecule has 2 heterocycles. The summed E-state index contributed by atoms with van der Waals surface area (Å²) in [5.74, 6) is -1.91. The summed E-state index contributed by atoms with van der Waals surface area (Å²) in [7, 11) is 0. The molecule has 1 saturated heterocycles. The Morgan fingerprint density at radius 3 is 2.47 bits per heavy atom. The zero-order valence-electron chi connectivity index (χ0n) is 20.4. The highest BCUT2D eigenvalue weighted by Gasteiger charge is 2.30. The quantitative estimate of drug-likeness (QED) is 0.408. The molecule has 0 aliphatic carbocycles. The lowest BCUT2D eigenvalue weighted by molar-refractivity contribution is -0.136. The number of benzene rings is 1. The van der Waals surface area contributed by atoms with Gasteiger partial charge in [0.15, 0.2) is 0 Å². The van der Waals surface area contributed by atoms with Crippen LogP contribution in [0, 0.1) is 6.92 Å². The Balaban J connectivity index is 1.68. The molecule has 192 valence electrons. The molecule has 0 spiro atoms. The minimum Gasteiger partial charge on any atom is -0.444 e. The number of hydrogen-bond donors (Lipinski definition) is 4. The summed E-state index contributed by atoms with van der Waals surface area (Å²) < 4.78 is 6.27. The van der Waals surface area contributed by atoms with Crippen LogP contribution in [0.5, 0.6) is 0 Å². The molecule has 0 radical (unpaired) electrons. The van der Waals surface area contributed by atoms with Crippen LogP contribution in [0.2, 0.25) is 0 Å². The van der Waals surface area contributed by atoms with Gasteiger partial charge in [0.05, 0.1) is 17.6 Å². The average Bonchev–Trinajstić information content (AvgIpc) is 2.77. The molecule has 0 bridgehead atoms. The molecule has 2 aromatic rings. The molecule has 5 amide bonds. The lowest BCUT2D eigenvalue weighted by Gasteiger charge is -2.24. The Morgan fingerprint density at radius 1 is 1.11 bits per heavy atom. The van der Waals surface area contributed by atoms with Gasteiger partial charge in [-0.1, -0.05) is 6.07 Å². The predicted octanol–water partition coefficient (Wildman–Crippen LogP) is 0.262. The Hall–Kier alpha value is -4.29. The van der Waals surface area contributed by atoms with Crippen LogP contribution in [0.25, 0.3) is 10.9 Å². The van der Waals surface area contributed by atoms with Gasteiger partial charge in [0.2, 0.25) is 23.6 Å². The van der Waals surface area contributed by atoms with Crippen LogP contribution in [-0.4, -0.2) is 58.0 Å². The Labute approximate surface area is 206 Å². The lowest BCUT2D eigenvalue weighted by Crippen LogP contribution is -2.45. The molecule has 1 aromatic heterocycles. The number of alkyl carbamates (subject to hydrolysis) is 1. The van der Waals surface area contributed by atoms with E-state index < -0.39 is 53.5 Å². The third kappa shape index (κ3) is 6.43. The van der Waals surface area contributed by atoms with E-state index in [1.165, 1.54) is 10.6 Å². The average molecular weight is 501 g/mol. The molecule has 0 saturated carbocycles. The van der Waals surface area contributed by atoms with Crippen molar-refractivity contribution in [3.05, 3.63) is 34.4 Å². The molecule has 1 aromatic carbocycles. The maximum Gasteiger partial charge on any atom is 0.408 e. The molecule has 3 rings (SSSR count). The van der Waals surface area contributed by atoms with E-state index in [0.29, 0.717) is 0 Å². The van der Waals surface area contributed by atoms with E-state index in [4.69, 9.17) is 4.74 Å². The molecule has 1 aliphatic rings. The van der Waals surface area contributed by atoms with Crippen molar-refractivity contribution in [2.24, 2.45) is 0 Å². The second kappa shape index (κ2) is 10.5. The van der Waals surface area contributed by atoms with Gasteiger partial charge in [-0.05, 0) is 46.2 Å². The fourth-order valence-electron chi connectivity index (χ4n) is 3.63. The highest BCUT2D eigenvalue weighted by Crippen LogP contribution is 2.23. The van der Waals surface area contributed by atoms with E-state index in [-0.39, 0.29) is 41.8 Å². The van der Waals surface area contributed by atoms with Crippen molar-refractivity contribution in [2.75, 3.05) is 18.4 Å². The van der Waals surface area contributed by atoms with Crippen molar-refractivity contribution in [3.8, 4) is 0 Å². The van der Waals surface area contributed by atoms with Gasteiger partial charge < -0.3 is 20.7 Å². The second-order valence-electron chi connectivity index (χ2n) is 9.18. The number of imide groups is 1. The van der Waals surface area contributed by atoms with Gasteiger partial charge >= 0.3 is 6.09 Å². The monoisotopic (exact) mass is 500 g/mol. The maximum absolute atomic E-state index is 13.2. The number of carbonyl (C=O) groups excluding carboxylic acids is 5. The highest BCUT2D eigenvalue weighted by atomic mass is 16.6. The summed E-state index contributed by atoms with van der Waals surface area (Å²) in [4.78, 5) is 77.3. The largest absolute Gasteiger partial charge is 0.444 e. The van der Waals surface area contributed by atoms with Gasteiger partial charge in [-0.15, -0.1) is 0 Å². The molecule has 1 unspecified atom stereocenters. The van der Waals surface area contributed by atoms with Gasteiger partial charge in [0.1, 0.15) is 29.5 Å². The number of rotatable bonds is 6. The predicted molar refractivity (Wildman–Crippen MR) is 128 cm³/mol. The van der Waals surface area contributed by atoms with E-state index in [1.807, 2.05) is 0 Å². The van der Waals surface area contributed by atoms with Gasteiger partial charge in [0.25, 0.3) is 5.56 Å².